The molecule has 0 bridgehead atoms. The number of thioether (sulfide) groups is 1. The number of fused-ring (bicyclic) bond motifs is 1. The van der Waals surface area contributed by atoms with E-state index in [0.29, 0.717) is 0 Å². The van der Waals surface area contributed by atoms with E-state index in [2.05, 4.69) is 58.9 Å². The molecule has 0 fully saturated rings. The monoisotopic (exact) mass is 250 g/mol. The van der Waals surface area contributed by atoms with Gasteiger partial charge in [0.1, 0.15) is 0 Å². The molecule has 1 N–H and O–H groups in total. The van der Waals surface area contributed by atoms with Crippen molar-refractivity contribution in [1.82, 2.24) is 0 Å². The molecular weight excluding hydrogens is 228 g/mol. The largest absolute Gasteiger partial charge is 0.392 e. The number of rotatable bonds is 0. The molecule has 0 saturated carbocycles. The predicted octanol–water partition coefficient (Wildman–Crippen LogP) is 4.06. The van der Waals surface area contributed by atoms with Crippen LogP contribution in [0.4, 0.5) is 0 Å². The molecule has 2 atom stereocenters. The van der Waals surface area contributed by atoms with Crippen LogP contribution in [0, 0.1) is 5.41 Å². The fraction of sp³-hybridized carbons (Fsp3) is 0.600. The molecule has 2 rings (SSSR count). The summed E-state index contributed by atoms with van der Waals surface area (Å²) in [5.74, 6) is 0.190. The Kier molecular flexibility index (Phi) is 3.07. The van der Waals surface area contributed by atoms with Gasteiger partial charge >= 0.3 is 0 Å². The van der Waals surface area contributed by atoms with E-state index in [9.17, 15) is 5.11 Å². The van der Waals surface area contributed by atoms with E-state index in [0.717, 1.165) is 0 Å². The number of benzene rings is 1. The average Bonchev–Trinajstić information content (AvgIpc) is 2.30. The lowest BCUT2D eigenvalue weighted by Gasteiger charge is -2.43. The fourth-order valence-electron chi connectivity index (χ4n) is 2.51. The zero-order valence-corrected chi connectivity index (χ0v) is 12.1. The van der Waals surface area contributed by atoms with Crippen molar-refractivity contribution < 1.29 is 5.11 Å². The molecule has 17 heavy (non-hydrogen) atoms. The lowest BCUT2D eigenvalue weighted by atomic mass is 9.70. The topological polar surface area (TPSA) is 20.2 Å². The Morgan fingerprint density at radius 2 is 1.71 bits per heavy atom. The maximum atomic E-state index is 10.7. The van der Waals surface area contributed by atoms with Crippen molar-refractivity contribution in [3.05, 3.63) is 29.8 Å². The molecule has 0 spiro atoms. The van der Waals surface area contributed by atoms with Crippen LogP contribution in [0.1, 0.15) is 46.1 Å². The second-order valence-corrected chi connectivity index (χ2v) is 7.77. The van der Waals surface area contributed by atoms with Gasteiger partial charge in [0, 0.05) is 21.0 Å². The first-order chi connectivity index (χ1) is 7.77. The summed E-state index contributed by atoms with van der Waals surface area (Å²) in [6, 6.07) is 8.47. The Bertz CT molecular complexity index is 423. The first-order valence-corrected chi connectivity index (χ1v) is 7.05. The summed E-state index contributed by atoms with van der Waals surface area (Å²) in [5, 5.41) is 10.7. The molecule has 1 aliphatic heterocycles. The van der Waals surface area contributed by atoms with Gasteiger partial charge in [-0.25, -0.2) is 0 Å². The molecule has 1 nitrogen and oxygen atoms in total. The zero-order valence-electron chi connectivity index (χ0n) is 11.3. The van der Waals surface area contributed by atoms with Gasteiger partial charge in [-0.1, -0.05) is 39.0 Å². The highest BCUT2D eigenvalue weighted by atomic mass is 32.2. The number of aliphatic hydroxyl groups excluding tert-OH is 1. The minimum absolute atomic E-state index is 0.0211. The molecule has 1 aromatic rings. The third kappa shape index (κ3) is 1.92. The number of hydrogen-bond donors (Lipinski definition) is 1. The number of aliphatic hydroxyl groups is 1. The minimum Gasteiger partial charge on any atom is -0.392 e. The molecule has 1 heterocycles. The highest BCUT2D eigenvalue weighted by Gasteiger charge is 2.48. The van der Waals surface area contributed by atoms with Crippen molar-refractivity contribution in [2.45, 2.75) is 56.3 Å². The molecule has 0 amide bonds. The van der Waals surface area contributed by atoms with Gasteiger partial charge in [-0.2, -0.15) is 0 Å². The normalized spacial score (nSPS) is 30.5. The second-order valence-electron chi connectivity index (χ2n) is 6.11. The summed E-state index contributed by atoms with van der Waals surface area (Å²) < 4.78 is 0.0211. The molecule has 1 aromatic carbocycles. The van der Waals surface area contributed by atoms with Crippen LogP contribution in [0.15, 0.2) is 29.2 Å². The Morgan fingerprint density at radius 1 is 1.12 bits per heavy atom. The van der Waals surface area contributed by atoms with E-state index in [1.54, 1.807) is 0 Å². The zero-order chi connectivity index (χ0) is 12.8. The van der Waals surface area contributed by atoms with Crippen molar-refractivity contribution in [2.24, 2.45) is 5.41 Å². The van der Waals surface area contributed by atoms with E-state index in [1.165, 1.54) is 10.5 Å². The molecule has 0 aromatic heterocycles. The summed E-state index contributed by atoms with van der Waals surface area (Å²) in [5.41, 5.74) is 1.17. The van der Waals surface area contributed by atoms with Gasteiger partial charge < -0.3 is 5.11 Å². The summed E-state index contributed by atoms with van der Waals surface area (Å²) in [6.07, 6.45) is -0.311. The van der Waals surface area contributed by atoms with Crippen molar-refractivity contribution in [3.63, 3.8) is 0 Å². The second kappa shape index (κ2) is 4.03. The van der Waals surface area contributed by atoms with Crippen LogP contribution in [0.2, 0.25) is 0 Å². The van der Waals surface area contributed by atoms with Crippen LogP contribution in [0.25, 0.3) is 0 Å². The van der Waals surface area contributed by atoms with Gasteiger partial charge in [0.2, 0.25) is 0 Å². The molecule has 94 valence electrons. The molecule has 0 aliphatic carbocycles. The Hall–Kier alpha value is -0.470. The van der Waals surface area contributed by atoms with Crippen molar-refractivity contribution >= 4 is 11.8 Å². The van der Waals surface area contributed by atoms with Crippen molar-refractivity contribution in [2.75, 3.05) is 0 Å². The van der Waals surface area contributed by atoms with Gasteiger partial charge in [-0.15, -0.1) is 11.8 Å². The number of hydrogen-bond acceptors (Lipinski definition) is 2. The van der Waals surface area contributed by atoms with Gasteiger partial charge in [0.15, 0.2) is 0 Å². The van der Waals surface area contributed by atoms with Crippen LogP contribution >= 0.6 is 11.8 Å². The molecule has 0 saturated heterocycles. The summed E-state index contributed by atoms with van der Waals surface area (Å²) in [6.45, 7) is 10.9. The maximum Gasteiger partial charge on any atom is 0.0670 e. The molecule has 1 aliphatic rings. The van der Waals surface area contributed by atoms with Crippen molar-refractivity contribution in [3.8, 4) is 0 Å². The Morgan fingerprint density at radius 3 is 2.35 bits per heavy atom. The predicted molar refractivity (Wildman–Crippen MR) is 74.6 cm³/mol. The third-order valence-corrected chi connectivity index (χ3v) is 6.17. The molecular formula is C15H22OS. The highest BCUT2D eigenvalue weighted by molar-refractivity contribution is 8.00. The summed E-state index contributed by atoms with van der Waals surface area (Å²) >= 11 is 1.89. The summed E-state index contributed by atoms with van der Waals surface area (Å²) in [7, 11) is 0. The van der Waals surface area contributed by atoms with E-state index in [-0.39, 0.29) is 22.2 Å². The lowest BCUT2D eigenvalue weighted by Crippen LogP contribution is -2.46. The van der Waals surface area contributed by atoms with Crippen LogP contribution in [-0.2, 0) is 0 Å². The maximum absolute atomic E-state index is 10.7. The highest BCUT2D eigenvalue weighted by Crippen LogP contribution is 2.54. The van der Waals surface area contributed by atoms with Gasteiger partial charge in [0.05, 0.1) is 6.10 Å². The van der Waals surface area contributed by atoms with Crippen LogP contribution in [-0.4, -0.2) is 16.0 Å². The minimum atomic E-state index is -0.311. The van der Waals surface area contributed by atoms with Crippen molar-refractivity contribution in [1.29, 1.82) is 0 Å². The Balaban J connectivity index is 2.58. The van der Waals surface area contributed by atoms with Crippen LogP contribution in [0.5, 0.6) is 0 Å². The lowest BCUT2D eigenvalue weighted by molar-refractivity contribution is 0.0138. The van der Waals surface area contributed by atoms with Gasteiger partial charge in [-0.05, 0) is 25.5 Å². The standard InChI is InChI=1S/C15H22OS/c1-10-11-8-6-7-9-12(11)17-15(4,5)14(2,3)13(10)16/h6-10,13,16H,1-5H3/t10-,13-/m0/s1. The quantitative estimate of drug-likeness (QED) is 0.749. The Labute approximate surface area is 109 Å². The smallest absolute Gasteiger partial charge is 0.0670 e. The average molecular weight is 250 g/mol. The third-order valence-electron chi connectivity index (χ3n) is 4.54. The molecule has 0 unspecified atom stereocenters. The fourth-order valence-corrected chi connectivity index (χ4v) is 3.96. The van der Waals surface area contributed by atoms with E-state index in [4.69, 9.17) is 0 Å². The molecule has 0 radical (unpaired) electrons. The van der Waals surface area contributed by atoms with Crippen LogP contribution in [0.3, 0.4) is 0 Å². The van der Waals surface area contributed by atoms with Gasteiger partial charge in [0.25, 0.3) is 0 Å². The summed E-state index contributed by atoms with van der Waals surface area (Å²) in [4.78, 5) is 1.31. The van der Waals surface area contributed by atoms with Crippen LogP contribution < -0.4 is 0 Å². The molecule has 2 heteroatoms. The van der Waals surface area contributed by atoms with Gasteiger partial charge in [-0.3, -0.25) is 0 Å². The van der Waals surface area contributed by atoms with E-state index in [1.807, 2.05) is 11.8 Å². The first kappa shape index (κ1) is 13.0. The van der Waals surface area contributed by atoms with E-state index < -0.39 is 0 Å². The van der Waals surface area contributed by atoms with E-state index >= 15 is 0 Å². The SMILES string of the molecule is C[C@H]1c2ccccc2SC(C)(C)C(C)(C)[C@H]1O. The first-order valence-electron chi connectivity index (χ1n) is 6.23.